The fourth-order valence-corrected chi connectivity index (χ4v) is 3.39. The molecule has 0 bridgehead atoms. The number of carbonyl (C=O) groups excluding carboxylic acids is 1. The number of likely N-dealkylation sites (tertiary alicyclic amines) is 1. The Kier molecular flexibility index (Phi) is 3.66. The summed E-state index contributed by atoms with van der Waals surface area (Å²) in [5, 5.41) is 6.13. The third-order valence-electron chi connectivity index (χ3n) is 4.40. The van der Waals surface area contributed by atoms with Gasteiger partial charge in [-0.1, -0.05) is 6.92 Å². The third-order valence-corrected chi connectivity index (χ3v) is 4.40. The minimum absolute atomic E-state index is 0.0605. The smallest absolute Gasteiger partial charge is 0.251 e. The van der Waals surface area contributed by atoms with Crippen LogP contribution in [-0.4, -0.2) is 30.9 Å². The van der Waals surface area contributed by atoms with Crippen LogP contribution < -0.4 is 10.6 Å². The molecule has 20 heavy (non-hydrogen) atoms. The molecule has 4 heteroatoms. The molecule has 1 fully saturated rings. The molecule has 108 valence electrons. The maximum atomic E-state index is 11.9. The van der Waals surface area contributed by atoms with Crippen molar-refractivity contribution < 1.29 is 4.79 Å². The molecule has 0 unspecified atom stereocenters. The van der Waals surface area contributed by atoms with E-state index < -0.39 is 0 Å². The first kappa shape index (κ1) is 13.4. The third kappa shape index (κ3) is 2.52. The number of rotatable bonds is 3. The van der Waals surface area contributed by atoms with Crippen molar-refractivity contribution in [3.63, 3.8) is 0 Å². The predicted molar refractivity (Wildman–Crippen MR) is 80.8 cm³/mol. The average Bonchev–Trinajstić information content (AvgIpc) is 2.80. The SMILES string of the molecule is CNc1cc(CN2CCC[C@H](C)C2)cc2c1CNC2=O. The van der Waals surface area contributed by atoms with Crippen LogP contribution in [0.25, 0.3) is 0 Å². The second-order valence-electron chi connectivity index (χ2n) is 6.08. The fourth-order valence-electron chi connectivity index (χ4n) is 3.39. The van der Waals surface area contributed by atoms with E-state index in [0.29, 0.717) is 6.54 Å². The van der Waals surface area contributed by atoms with Gasteiger partial charge in [0.1, 0.15) is 0 Å². The van der Waals surface area contributed by atoms with Gasteiger partial charge in [-0.25, -0.2) is 0 Å². The standard InChI is InChI=1S/C16H23N3O/c1-11-4-3-5-19(9-11)10-12-6-13-14(8-18-16(13)20)15(7-12)17-2/h6-7,11,17H,3-5,8-10H2,1-2H3,(H,18,20)/t11-/m0/s1. The summed E-state index contributed by atoms with van der Waals surface area (Å²) >= 11 is 0. The van der Waals surface area contributed by atoms with Gasteiger partial charge in [0.05, 0.1) is 0 Å². The number of fused-ring (bicyclic) bond motifs is 1. The summed E-state index contributed by atoms with van der Waals surface area (Å²) < 4.78 is 0. The Balaban J connectivity index is 1.83. The van der Waals surface area contributed by atoms with Gasteiger partial charge in [0.25, 0.3) is 5.91 Å². The van der Waals surface area contributed by atoms with Gasteiger partial charge in [-0.05, 0) is 43.0 Å². The number of nitrogens with one attached hydrogen (secondary N) is 2. The summed E-state index contributed by atoms with van der Waals surface area (Å²) in [5.41, 5.74) is 4.27. The summed E-state index contributed by atoms with van der Waals surface area (Å²) in [6.45, 7) is 6.24. The number of amides is 1. The van der Waals surface area contributed by atoms with Gasteiger partial charge in [-0.3, -0.25) is 9.69 Å². The number of piperidine rings is 1. The average molecular weight is 273 g/mol. The lowest BCUT2D eigenvalue weighted by atomic mass is 9.98. The Bertz CT molecular complexity index is 527. The Hall–Kier alpha value is -1.55. The summed E-state index contributed by atoms with van der Waals surface area (Å²) in [6, 6.07) is 4.26. The number of nitrogens with zero attached hydrogens (tertiary/aromatic N) is 1. The van der Waals surface area contributed by atoms with Crippen LogP contribution in [0.2, 0.25) is 0 Å². The number of carbonyl (C=O) groups is 1. The van der Waals surface area contributed by atoms with Crippen LogP contribution in [0.15, 0.2) is 12.1 Å². The van der Waals surface area contributed by atoms with Crippen molar-refractivity contribution in [1.29, 1.82) is 0 Å². The van der Waals surface area contributed by atoms with Gasteiger partial charge in [0.2, 0.25) is 0 Å². The van der Waals surface area contributed by atoms with Crippen molar-refractivity contribution >= 4 is 11.6 Å². The van der Waals surface area contributed by atoms with Crippen LogP contribution >= 0.6 is 0 Å². The summed E-state index contributed by atoms with van der Waals surface area (Å²) in [5.74, 6) is 0.843. The molecule has 1 amide bonds. The van der Waals surface area contributed by atoms with E-state index >= 15 is 0 Å². The van der Waals surface area contributed by atoms with E-state index in [1.165, 1.54) is 24.9 Å². The maximum absolute atomic E-state index is 11.9. The Labute approximate surface area is 120 Å². The van der Waals surface area contributed by atoms with E-state index in [1.807, 2.05) is 7.05 Å². The second-order valence-corrected chi connectivity index (χ2v) is 6.08. The van der Waals surface area contributed by atoms with Gasteiger partial charge < -0.3 is 10.6 Å². The van der Waals surface area contributed by atoms with Crippen molar-refractivity contribution in [3.8, 4) is 0 Å². The predicted octanol–water partition coefficient (Wildman–Crippen LogP) is 2.20. The highest BCUT2D eigenvalue weighted by molar-refractivity contribution is 6.00. The molecule has 2 N–H and O–H groups in total. The number of hydrogen-bond donors (Lipinski definition) is 2. The molecule has 2 aliphatic rings. The van der Waals surface area contributed by atoms with Crippen LogP contribution in [0, 0.1) is 5.92 Å². The van der Waals surface area contributed by atoms with Gasteiger partial charge in [-0.15, -0.1) is 0 Å². The monoisotopic (exact) mass is 273 g/mol. The number of benzene rings is 1. The summed E-state index contributed by atoms with van der Waals surface area (Å²) in [4.78, 5) is 14.4. The van der Waals surface area contributed by atoms with Gasteiger partial charge in [-0.2, -0.15) is 0 Å². The molecule has 1 aromatic carbocycles. The van der Waals surface area contributed by atoms with Crippen LogP contribution in [0.5, 0.6) is 0 Å². The van der Waals surface area contributed by atoms with Crippen molar-refractivity contribution in [2.75, 3.05) is 25.5 Å². The van der Waals surface area contributed by atoms with Crippen molar-refractivity contribution in [3.05, 3.63) is 28.8 Å². The molecule has 4 nitrogen and oxygen atoms in total. The van der Waals surface area contributed by atoms with E-state index in [9.17, 15) is 4.79 Å². The fraction of sp³-hybridized carbons (Fsp3) is 0.562. The van der Waals surface area contributed by atoms with Crippen molar-refractivity contribution in [2.45, 2.75) is 32.9 Å². The molecular formula is C16H23N3O. The molecule has 2 heterocycles. The Morgan fingerprint density at radius 1 is 1.45 bits per heavy atom. The molecule has 3 rings (SSSR count). The molecule has 1 atom stereocenters. The van der Waals surface area contributed by atoms with Gasteiger partial charge >= 0.3 is 0 Å². The topological polar surface area (TPSA) is 44.4 Å². The molecule has 0 aromatic heterocycles. The van der Waals surface area contributed by atoms with Crippen molar-refractivity contribution in [2.24, 2.45) is 5.92 Å². The van der Waals surface area contributed by atoms with Gasteiger partial charge in [0.15, 0.2) is 0 Å². The Morgan fingerprint density at radius 2 is 2.30 bits per heavy atom. The Morgan fingerprint density at radius 3 is 3.05 bits per heavy atom. The number of anilines is 1. The highest BCUT2D eigenvalue weighted by Gasteiger charge is 2.23. The largest absolute Gasteiger partial charge is 0.388 e. The molecule has 0 radical (unpaired) electrons. The van der Waals surface area contributed by atoms with E-state index in [4.69, 9.17) is 0 Å². The summed E-state index contributed by atoms with van der Waals surface area (Å²) in [6.07, 6.45) is 2.62. The quantitative estimate of drug-likeness (QED) is 0.887. The first-order chi connectivity index (χ1) is 9.67. The normalized spacial score (nSPS) is 22.5. The molecule has 1 aromatic rings. The van der Waals surface area contributed by atoms with Crippen LogP contribution in [0.3, 0.4) is 0 Å². The van der Waals surface area contributed by atoms with Crippen LogP contribution in [0.4, 0.5) is 5.69 Å². The van der Waals surface area contributed by atoms with E-state index in [2.05, 4.69) is 34.6 Å². The molecule has 0 aliphatic carbocycles. The molecule has 0 spiro atoms. The lowest BCUT2D eigenvalue weighted by molar-refractivity contribution is 0.0965. The highest BCUT2D eigenvalue weighted by atomic mass is 16.1. The maximum Gasteiger partial charge on any atom is 0.251 e. The van der Waals surface area contributed by atoms with Crippen LogP contribution in [-0.2, 0) is 13.1 Å². The minimum Gasteiger partial charge on any atom is -0.388 e. The zero-order chi connectivity index (χ0) is 14.1. The zero-order valence-corrected chi connectivity index (χ0v) is 12.3. The van der Waals surface area contributed by atoms with E-state index in [1.54, 1.807) is 0 Å². The van der Waals surface area contributed by atoms with E-state index in [-0.39, 0.29) is 5.91 Å². The molecule has 1 saturated heterocycles. The first-order valence-electron chi connectivity index (χ1n) is 7.51. The molecule has 2 aliphatic heterocycles. The molecule has 0 saturated carbocycles. The first-order valence-corrected chi connectivity index (χ1v) is 7.51. The lowest BCUT2D eigenvalue weighted by Gasteiger charge is -2.31. The highest BCUT2D eigenvalue weighted by Crippen LogP contribution is 2.27. The molecular weight excluding hydrogens is 250 g/mol. The van der Waals surface area contributed by atoms with Crippen molar-refractivity contribution in [1.82, 2.24) is 10.2 Å². The lowest BCUT2D eigenvalue weighted by Crippen LogP contribution is -2.33. The number of hydrogen-bond acceptors (Lipinski definition) is 3. The van der Waals surface area contributed by atoms with Crippen LogP contribution in [0.1, 0.15) is 41.3 Å². The van der Waals surface area contributed by atoms with E-state index in [0.717, 1.165) is 35.8 Å². The summed E-state index contributed by atoms with van der Waals surface area (Å²) in [7, 11) is 1.92. The second kappa shape index (κ2) is 5.44. The zero-order valence-electron chi connectivity index (χ0n) is 12.3. The van der Waals surface area contributed by atoms with Gasteiger partial charge in [0, 0.05) is 43.5 Å². The minimum atomic E-state index is 0.0605.